The zero-order chi connectivity index (χ0) is 14.9. The van der Waals surface area contributed by atoms with Crippen molar-refractivity contribution in [1.82, 2.24) is 4.90 Å². The summed E-state index contributed by atoms with van der Waals surface area (Å²) in [6, 6.07) is 8.96. The summed E-state index contributed by atoms with van der Waals surface area (Å²) in [5.74, 6) is 5.98. The normalized spacial score (nSPS) is 15.8. The molecule has 0 bridgehead atoms. The van der Waals surface area contributed by atoms with Gasteiger partial charge in [0.25, 0.3) is 0 Å². The predicted octanol–water partition coefficient (Wildman–Crippen LogP) is 2.12. The van der Waals surface area contributed by atoms with Crippen LogP contribution in [0.15, 0.2) is 24.3 Å². The van der Waals surface area contributed by atoms with E-state index in [-0.39, 0.29) is 6.61 Å². The van der Waals surface area contributed by atoms with Crippen LogP contribution in [0.3, 0.4) is 0 Å². The maximum Gasteiger partial charge on any atom is 0.0558 e. The molecule has 0 heterocycles. The lowest BCUT2D eigenvalue weighted by molar-refractivity contribution is 0.117. The van der Waals surface area contributed by atoms with Crippen molar-refractivity contribution in [1.29, 1.82) is 0 Å². The first-order chi connectivity index (χ1) is 10.3. The lowest BCUT2D eigenvalue weighted by Gasteiger charge is -2.34. The van der Waals surface area contributed by atoms with Crippen LogP contribution >= 0.6 is 0 Å². The van der Waals surface area contributed by atoms with Gasteiger partial charge in [0.2, 0.25) is 0 Å². The summed E-state index contributed by atoms with van der Waals surface area (Å²) in [6.07, 6.45) is 6.50. The number of hydrogen-bond donors (Lipinski definition) is 2. The van der Waals surface area contributed by atoms with Crippen LogP contribution < -0.4 is 5.73 Å². The highest BCUT2D eigenvalue weighted by Gasteiger charge is 2.20. The van der Waals surface area contributed by atoms with Gasteiger partial charge in [0.1, 0.15) is 0 Å². The Morgan fingerprint density at radius 3 is 2.76 bits per heavy atom. The number of benzene rings is 1. The van der Waals surface area contributed by atoms with E-state index in [1.165, 1.54) is 37.7 Å². The van der Waals surface area contributed by atoms with Gasteiger partial charge in [0.05, 0.1) is 13.2 Å². The molecule has 1 aliphatic carbocycles. The summed E-state index contributed by atoms with van der Waals surface area (Å²) in [4.78, 5) is 2.43. The third-order valence-electron chi connectivity index (χ3n) is 4.13. The second kappa shape index (κ2) is 8.84. The van der Waals surface area contributed by atoms with Gasteiger partial charge in [-0.2, -0.15) is 0 Å². The summed E-state index contributed by atoms with van der Waals surface area (Å²) in [6.45, 7) is 2.26. The first-order valence-electron chi connectivity index (χ1n) is 7.96. The van der Waals surface area contributed by atoms with Crippen molar-refractivity contribution in [3.05, 3.63) is 35.4 Å². The Balaban J connectivity index is 2.05. The van der Waals surface area contributed by atoms with E-state index in [4.69, 9.17) is 5.73 Å². The van der Waals surface area contributed by atoms with Crippen molar-refractivity contribution in [2.75, 3.05) is 19.7 Å². The second-order valence-corrected chi connectivity index (χ2v) is 5.69. The number of aliphatic hydroxyl groups excluding tert-OH is 1. The molecule has 0 amide bonds. The van der Waals surface area contributed by atoms with E-state index < -0.39 is 0 Å². The SMILES string of the molecule is NCC#Cc1cccc(CN(CCO)C2CCCCC2)c1. The highest BCUT2D eigenvalue weighted by Crippen LogP contribution is 2.24. The standard InChI is InChI=1S/C18H26N2O/c19-11-5-8-16-6-4-7-17(14-16)15-20(12-13-21)18-9-2-1-3-10-18/h4,6-7,14,18,21H,1-3,9-13,15,19H2. The number of nitrogens with two attached hydrogens (primary N) is 1. The van der Waals surface area contributed by atoms with Gasteiger partial charge in [-0.05, 0) is 30.5 Å². The summed E-state index contributed by atoms with van der Waals surface area (Å²) < 4.78 is 0. The molecule has 0 aliphatic heterocycles. The molecular formula is C18H26N2O. The average molecular weight is 286 g/mol. The van der Waals surface area contributed by atoms with Gasteiger partial charge in [-0.1, -0.05) is 43.2 Å². The van der Waals surface area contributed by atoms with Gasteiger partial charge in [-0.25, -0.2) is 0 Å². The minimum atomic E-state index is 0.225. The van der Waals surface area contributed by atoms with Crippen LogP contribution in [0.2, 0.25) is 0 Å². The van der Waals surface area contributed by atoms with Gasteiger partial charge in [-0.3, -0.25) is 4.90 Å². The Labute approximate surface area is 128 Å². The molecular weight excluding hydrogens is 260 g/mol. The summed E-state index contributed by atoms with van der Waals surface area (Å²) in [7, 11) is 0. The molecule has 114 valence electrons. The molecule has 1 fully saturated rings. The lowest BCUT2D eigenvalue weighted by Crippen LogP contribution is -2.38. The summed E-state index contributed by atoms with van der Waals surface area (Å²) in [5, 5.41) is 9.34. The number of nitrogens with zero attached hydrogens (tertiary/aromatic N) is 1. The van der Waals surface area contributed by atoms with Crippen LogP contribution in [0.4, 0.5) is 0 Å². The topological polar surface area (TPSA) is 49.5 Å². The molecule has 3 nitrogen and oxygen atoms in total. The third kappa shape index (κ3) is 5.17. The molecule has 0 aromatic heterocycles. The summed E-state index contributed by atoms with van der Waals surface area (Å²) in [5.41, 5.74) is 7.70. The molecule has 1 aromatic carbocycles. The van der Waals surface area contributed by atoms with E-state index in [1.807, 2.05) is 12.1 Å². The van der Waals surface area contributed by atoms with Crippen molar-refractivity contribution >= 4 is 0 Å². The fourth-order valence-corrected chi connectivity index (χ4v) is 3.10. The Morgan fingerprint density at radius 1 is 1.24 bits per heavy atom. The van der Waals surface area contributed by atoms with E-state index >= 15 is 0 Å². The quantitative estimate of drug-likeness (QED) is 0.815. The van der Waals surface area contributed by atoms with Gasteiger partial charge in [0.15, 0.2) is 0 Å². The van der Waals surface area contributed by atoms with Crippen LogP contribution in [0.1, 0.15) is 43.2 Å². The van der Waals surface area contributed by atoms with Gasteiger partial charge >= 0.3 is 0 Å². The van der Waals surface area contributed by atoms with E-state index in [2.05, 4.69) is 28.9 Å². The van der Waals surface area contributed by atoms with E-state index in [0.717, 1.165) is 18.7 Å². The van der Waals surface area contributed by atoms with E-state index in [9.17, 15) is 5.11 Å². The fourth-order valence-electron chi connectivity index (χ4n) is 3.10. The Morgan fingerprint density at radius 2 is 2.05 bits per heavy atom. The molecule has 1 aromatic rings. The zero-order valence-corrected chi connectivity index (χ0v) is 12.7. The molecule has 1 aliphatic rings. The van der Waals surface area contributed by atoms with E-state index in [0.29, 0.717) is 12.6 Å². The number of hydrogen-bond acceptors (Lipinski definition) is 3. The maximum atomic E-state index is 9.34. The van der Waals surface area contributed by atoms with Crippen molar-refractivity contribution in [2.45, 2.75) is 44.7 Å². The first kappa shape index (κ1) is 16.0. The zero-order valence-electron chi connectivity index (χ0n) is 12.7. The summed E-state index contributed by atoms with van der Waals surface area (Å²) >= 11 is 0. The van der Waals surface area contributed by atoms with E-state index in [1.54, 1.807) is 0 Å². The Kier molecular flexibility index (Phi) is 6.75. The fraction of sp³-hybridized carbons (Fsp3) is 0.556. The molecule has 0 spiro atoms. The van der Waals surface area contributed by atoms with Crippen LogP contribution in [0.5, 0.6) is 0 Å². The highest BCUT2D eigenvalue weighted by molar-refractivity contribution is 5.37. The Bertz CT molecular complexity index is 483. The molecule has 3 N–H and O–H groups in total. The van der Waals surface area contributed by atoms with Crippen molar-refractivity contribution < 1.29 is 5.11 Å². The molecule has 21 heavy (non-hydrogen) atoms. The predicted molar refractivity (Wildman–Crippen MR) is 86.7 cm³/mol. The molecule has 2 rings (SSSR count). The maximum absolute atomic E-state index is 9.34. The molecule has 1 saturated carbocycles. The minimum Gasteiger partial charge on any atom is -0.395 e. The molecule has 0 unspecified atom stereocenters. The highest BCUT2D eigenvalue weighted by atomic mass is 16.3. The minimum absolute atomic E-state index is 0.225. The lowest BCUT2D eigenvalue weighted by atomic mass is 9.93. The van der Waals surface area contributed by atoms with Crippen molar-refractivity contribution in [2.24, 2.45) is 5.73 Å². The van der Waals surface area contributed by atoms with Crippen LogP contribution in [0, 0.1) is 11.8 Å². The largest absolute Gasteiger partial charge is 0.395 e. The van der Waals surface area contributed by atoms with Crippen molar-refractivity contribution in [3.63, 3.8) is 0 Å². The van der Waals surface area contributed by atoms with Gasteiger partial charge < -0.3 is 10.8 Å². The molecule has 3 heteroatoms. The number of rotatable bonds is 5. The van der Waals surface area contributed by atoms with Gasteiger partial charge in [-0.15, -0.1) is 0 Å². The monoisotopic (exact) mass is 286 g/mol. The molecule has 0 radical (unpaired) electrons. The molecule has 0 saturated heterocycles. The second-order valence-electron chi connectivity index (χ2n) is 5.69. The third-order valence-corrected chi connectivity index (χ3v) is 4.13. The smallest absolute Gasteiger partial charge is 0.0558 e. The molecule has 0 atom stereocenters. The van der Waals surface area contributed by atoms with Crippen LogP contribution in [0.25, 0.3) is 0 Å². The van der Waals surface area contributed by atoms with Crippen LogP contribution in [-0.2, 0) is 6.54 Å². The average Bonchev–Trinajstić information content (AvgIpc) is 2.54. The Hall–Kier alpha value is -1.34. The van der Waals surface area contributed by atoms with Gasteiger partial charge in [0, 0.05) is 24.7 Å². The van der Waals surface area contributed by atoms with Crippen LogP contribution in [-0.4, -0.2) is 35.7 Å². The first-order valence-corrected chi connectivity index (χ1v) is 7.96. The number of aliphatic hydroxyl groups is 1. The van der Waals surface area contributed by atoms with Crippen molar-refractivity contribution in [3.8, 4) is 11.8 Å².